The van der Waals surface area contributed by atoms with Crippen molar-refractivity contribution in [2.75, 3.05) is 6.54 Å². The molecule has 0 aliphatic heterocycles. The van der Waals surface area contributed by atoms with E-state index in [1.54, 1.807) is 6.92 Å². The predicted molar refractivity (Wildman–Crippen MR) is 119 cm³/mol. The van der Waals surface area contributed by atoms with Gasteiger partial charge in [-0.05, 0) is 25.7 Å². The average Bonchev–Trinajstić information content (AvgIpc) is 2.71. The fourth-order valence-corrected chi connectivity index (χ4v) is 2.67. The van der Waals surface area contributed by atoms with Crippen LogP contribution in [0.1, 0.15) is 46.5 Å². The molecule has 188 valence electrons. The topological polar surface area (TPSA) is 252 Å². The van der Waals surface area contributed by atoms with Crippen molar-refractivity contribution in [1.29, 1.82) is 0 Å². The molecule has 0 aromatic rings. The number of amides is 3. The highest BCUT2D eigenvalue weighted by Crippen LogP contribution is 2.10. The van der Waals surface area contributed by atoms with Crippen LogP contribution in [0.3, 0.4) is 0 Å². The monoisotopic (exact) mass is 473 g/mol. The van der Waals surface area contributed by atoms with Gasteiger partial charge in [0, 0.05) is 6.54 Å². The molecule has 0 saturated carbocycles. The average molecular weight is 474 g/mol. The van der Waals surface area contributed by atoms with Crippen molar-refractivity contribution in [3.05, 3.63) is 0 Å². The first-order valence-electron chi connectivity index (χ1n) is 10.5. The Labute approximate surface area is 191 Å². The van der Waals surface area contributed by atoms with Gasteiger partial charge in [0.1, 0.15) is 18.1 Å². The lowest BCUT2D eigenvalue weighted by atomic mass is 9.97. The summed E-state index contributed by atoms with van der Waals surface area (Å²) >= 11 is 0. The predicted octanol–water partition coefficient (Wildman–Crippen LogP) is -2.55. The van der Waals surface area contributed by atoms with Gasteiger partial charge in [-0.1, -0.05) is 20.3 Å². The third-order valence-electron chi connectivity index (χ3n) is 4.78. The summed E-state index contributed by atoms with van der Waals surface area (Å²) in [6.45, 7) is 5.13. The molecule has 0 rings (SSSR count). The molecule has 11 N–H and O–H groups in total. The normalized spacial score (nSPS) is 15.2. The van der Waals surface area contributed by atoms with Gasteiger partial charge in [-0.15, -0.1) is 0 Å². The molecule has 0 aliphatic rings. The maximum Gasteiger partial charge on any atom is 0.326 e. The third kappa shape index (κ3) is 11.7. The highest BCUT2D eigenvalue weighted by molar-refractivity contribution is 5.94. The quantitative estimate of drug-likeness (QED) is 0.0701. The second kappa shape index (κ2) is 14.6. The molecule has 5 unspecified atom stereocenters. The van der Waals surface area contributed by atoms with Crippen molar-refractivity contribution in [3.63, 3.8) is 0 Å². The van der Waals surface area contributed by atoms with E-state index in [0.717, 1.165) is 0 Å². The Morgan fingerprint density at radius 1 is 0.909 bits per heavy atom. The van der Waals surface area contributed by atoms with Crippen LogP contribution < -0.4 is 33.2 Å². The Morgan fingerprint density at radius 3 is 1.94 bits per heavy atom. The van der Waals surface area contributed by atoms with Crippen LogP contribution in [0.4, 0.5) is 0 Å². The minimum Gasteiger partial charge on any atom is -0.481 e. The number of carbonyl (C=O) groups is 5. The Morgan fingerprint density at radius 2 is 1.48 bits per heavy atom. The molecular weight excluding hydrogens is 438 g/mol. The molecule has 0 spiro atoms. The number of hydrogen-bond acceptors (Lipinski definition) is 7. The molecule has 0 aliphatic carbocycles. The molecular formula is C19H35N7O7. The number of nitrogens with one attached hydrogen (secondary N) is 3. The van der Waals surface area contributed by atoms with Gasteiger partial charge in [-0.25, -0.2) is 4.79 Å². The molecule has 5 atom stereocenters. The minimum atomic E-state index is -1.70. The number of carbonyl (C=O) groups excluding carboxylic acids is 3. The molecule has 0 bridgehead atoms. The van der Waals surface area contributed by atoms with E-state index in [2.05, 4.69) is 20.9 Å². The van der Waals surface area contributed by atoms with Crippen LogP contribution in [-0.2, 0) is 24.0 Å². The molecule has 0 aromatic heterocycles. The van der Waals surface area contributed by atoms with E-state index in [1.165, 1.54) is 6.92 Å². The van der Waals surface area contributed by atoms with Crippen LogP contribution in [-0.4, -0.2) is 76.5 Å². The summed E-state index contributed by atoms with van der Waals surface area (Å²) in [7, 11) is 0. The smallest absolute Gasteiger partial charge is 0.326 e. The van der Waals surface area contributed by atoms with E-state index >= 15 is 0 Å². The minimum absolute atomic E-state index is 0.0161. The Balaban J connectivity index is 5.62. The number of aliphatic carboxylic acids is 2. The van der Waals surface area contributed by atoms with Gasteiger partial charge in [-0.2, -0.15) is 0 Å². The lowest BCUT2D eigenvalue weighted by molar-refractivity contribution is -0.147. The van der Waals surface area contributed by atoms with Crippen molar-refractivity contribution >= 4 is 35.6 Å². The van der Waals surface area contributed by atoms with Crippen molar-refractivity contribution in [1.82, 2.24) is 16.0 Å². The van der Waals surface area contributed by atoms with Crippen molar-refractivity contribution in [3.8, 4) is 0 Å². The van der Waals surface area contributed by atoms with E-state index in [0.29, 0.717) is 6.42 Å². The van der Waals surface area contributed by atoms with Crippen LogP contribution in [0.2, 0.25) is 0 Å². The molecule has 14 heteroatoms. The second-order valence-corrected chi connectivity index (χ2v) is 7.67. The van der Waals surface area contributed by atoms with Crippen LogP contribution in [0.5, 0.6) is 0 Å². The Hall–Kier alpha value is -3.42. The lowest BCUT2D eigenvalue weighted by Crippen LogP contribution is -2.58. The van der Waals surface area contributed by atoms with Gasteiger partial charge < -0.3 is 43.4 Å². The first kappa shape index (κ1) is 29.6. The van der Waals surface area contributed by atoms with E-state index in [9.17, 15) is 29.1 Å². The number of carboxylic acids is 2. The second-order valence-electron chi connectivity index (χ2n) is 7.67. The van der Waals surface area contributed by atoms with Gasteiger partial charge in [0.05, 0.1) is 12.5 Å². The van der Waals surface area contributed by atoms with Crippen LogP contribution in [0.25, 0.3) is 0 Å². The van der Waals surface area contributed by atoms with Crippen molar-refractivity contribution < 1.29 is 34.2 Å². The Kier molecular flexibility index (Phi) is 13.1. The number of carboxylic acid groups (broad SMARTS) is 2. The highest BCUT2D eigenvalue weighted by Gasteiger charge is 2.32. The van der Waals surface area contributed by atoms with E-state index in [1.807, 2.05) is 6.92 Å². The first-order chi connectivity index (χ1) is 15.3. The number of aliphatic imine (C=N–C) groups is 1. The van der Waals surface area contributed by atoms with Crippen molar-refractivity contribution in [2.24, 2.45) is 28.1 Å². The van der Waals surface area contributed by atoms with Gasteiger partial charge in [-0.3, -0.25) is 24.2 Å². The Bertz CT molecular complexity index is 738. The van der Waals surface area contributed by atoms with E-state index < -0.39 is 60.2 Å². The summed E-state index contributed by atoms with van der Waals surface area (Å²) in [5.41, 5.74) is 16.1. The fraction of sp³-hybridized carbons (Fsp3) is 0.684. The molecule has 0 fully saturated rings. The van der Waals surface area contributed by atoms with Gasteiger partial charge in [0.15, 0.2) is 5.96 Å². The van der Waals surface area contributed by atoms with Gasteiger partial charge in [0.25, 0.3) is 0 Å². The van der Waals surface area contributed by atoms with Gasteiger partial charge >= 0.3 is 11.9 Å². The van der Waals surface area contributed by atoms with Crippen LogP contribution >= 0.6 is 0 Å². The third-order valence-corrected chi connectivity index (χ3v) is 4.78. The van der Waals surface area contributed by atoms with Crippen LogP contribution in [0.15, 0.2) is 4.99 Å². The number of nitrogens with two attached hydrogens (primary N) is 3. The first-order valence-corrected chi connectivity index (χ1v) is 10.5. The number of rotatable bonds is 15. The zero-order chi connectivity index (χ0) is 25.7. The zero-order valence-corrected chi connectivity index (χ0v) is 19.0. The molecule has 0 aromatic carbocycles. The molecule has 0 radical (unpaired) electrons. The number of hydrogen-bond donors (Lipinski definition) is 8. The SMILES string of the molecule is CCC(C)C(NC(=O)C(C)N)C(=O)NC(CCCN=C(N)N)C(=O)NC(CC(=O)O)C(=O)O. The maximum atomic E-state index is 12.9. The summed E-state index contributed by atoms with van der Waals surface area (Å²) in [5.74, 6) is -5.57. The summed E-state index contributed by atoms with van der Waals surface area (Å²) in [6, 6.07) is -4.80. The van der Waals surface area contributed by atoms with Gasteiger partial charge in [0.2, 0.25) is 17.7 Å². The molecule has 0 saturated heterocycles. The molecule has 33 heavy (non-hydrogen) atoms. The zero-order valence-electron chi connectivity index (χ0n) is 19.0. The van der Waals surface area contributed by atoms with E-state index in [4.69, 9.17) is 22.3 Å². The number of guanidine groups is 1. The van der Waals surface area contributed by atoms with E-state index in [-0.39, 0.29) is 31.3 Å². The maximum absolute atomic E-state index is 12.9. The fourth-order valence-electron chi connectivity index (χ4n) is 2.67. The highest BCUT2D eigenvalue weighted by atomic mass is 16.4. The number of nitrogens with zero attached hydrogens (tertiary/aromatic N) is 1. The summed E-state index contributed by atoms with van der Waals surface area (Å²) in [4.78, 5) is 63.7. The lowest BCUT2D eigenvalue weighted by Gasteiger charge is -2.27. The van der Waals surface area contributed by atoms with Crippen LogP contribution in [0, 0.1) is 5.92 Å². The molecule has 3 amide bonds. The molecule has 14 nitrogen and oxygen atoms in total. The summed E-state index contributed by atoms with van der Waals surface area (Å²) < 4.78 is 0. The largest absolute Gasteiger partial charge is 0.481 e. The molecule has 0 heterocycles. The van der Waals surface area contributed by atoms with Crippen molar-refractivity contribution in [2.45, 2.75) is 70.6 Å². The summed E-state index contributed by atoms with van der Waals surface area (Å²) in [5, 5.41) is 25.2. The summed E-state index contributed by atoms with van der Waals surface area (Å²) in [6.07, 6.45) is -0.0661. The standard InChI is InChI=1S/C19H35N7O7/c1-4-9(2)14(26-15(29)10(3)20)17(31)24-11(6-5-7-23-19(21)22)16(30)25-12(18(32)33)8-13(27)28/h9-12,14H,4-8,20H2,1-3H3,(H,24,31)(H,25,30)(H,26,29)(H,27,28)(H,32,33)(H4,21,22,23).